The molecule has 2 fully saturated rings. The van der Waals surface area contributed by atoms with E-state index >= 15 is 0 Å². The molecule has 1 saturated heterocycles. The third-order valence-electron chi connectivity index (χ3n) is 6.98. The number of anilines is 1. The summed E-state index contributed by atoms with van der Waals surface area (Å²) in [6, 6.07) is 9.63. The van der Waals surface area contributed by atoms with Gasteiger partial charge in [0.1, 0.15) is 16.5 Å². The Hall–Kier alpha value is -2.47. The van der Waals surface area contributed by atoms with Crippen molar-refractivity contribution >= 4 is 33.3 Å². The quantitative estimate of drug-likeness (QED) is 0.604. The van der Waals surface area contributed by atoms with Crippen LogP contribution in [0.4, 0.5) is 5.82 Å². The molecular formula is C25H28N4OS. The predicted molar refractivity (Wildman–Crippen MR) is 125 cm³/mol. The largest absolute Gasteiger partial charge is 0.352 e. The summed E-state index contributed by atoms with van der Waals surface area (Å²) in [7, 11) is 0. The molecule has 2 aliphatic carbocycles. The summed E-state index contributed by atoms with van der Waals surface area (Å²) in [6.07, 6.45) is 6.00. The Morgan fingerprint density at radius 2 is 1.81 bits per heavy atom. The van der Waals surface area contributed by atoms with E-state index in [9.17, 15) is 4.79 Å². The molecule has 6 heteroatoms. The summed E-state index contributed by atoms with van der Waals surface area (Å²) in [5, 5.41) is 1.30. The third-order valence-corrected chi connectivity index (χ3v) is 8.13. The van der Waals surface area contributed by atoms with Crippen molar-refractivity contribution in [3.05, 3.63) is 52.2 Å². The number of amides is 1. The summed E-state index contributed by atoms with van der Waals surface area (Å²) in [4.78, 5) is 30.1. The summed E-state index contributed by atoms with van der Waals surface area (Å²) in [5.41, 5.74) is 2.27. The van der Waals surface area contributed by atoms with Gasteiger partial charge in [-0.05, 0) is 55.7 Å². The third kappa shape index (κ3) is 3.51. The van der Waals surface area contributed by atoms with E-state index in [-0.39, 0.29) is 5.91 Å². The van der Waals surface area contributed by atoms with Gasteiger partial charge in [-0.25, -0.2) is 9.97 Å². The van der Waals surface area contributed by atoms with Crippen LogP contribution in [-0.4, -0.2) is 47.0 Å². The number of aryl methyl sites for hydroxylation is 1. The van der Waals surface area contributed by atoms with Crippen molar-refractivity contribution in [2.45, 2.75) is 44.9 Å². The number of piperazine rings is 1. The Morgan fingerprint density at radius 1 is 1.03 bits per heavy atom. The zero-order valence-electron chi connectivity index (χ0n) is 18.0. The Bertz CT molecular complexity index is 1130. The van der Waals surface area contributed by atoms with Crippen LogP contribution in [0.15, 0.2) is 30.3 Å². The first kappa shape index (κ1) is 19.2. The summed E-state index contributed by atoms with van der Waals surface area (Å²) in [6.45, 7) is 5.49. The molecule has 3 aromatic rings. The smallest absolute Gasteiger partial charge is 0.253 e. The first-order valence-electron chi connectivity index (χ1n) is 11.6. The number of fused-ring (bicyclic) bond motifs is 3. The van der Waals surface area contributed by atoms with Gasteiger partial charge in [0.25, 0.3) is 5.91 Å². The fourth-order valence-electron chi connectivity index (χ4n) is 4.98. The first-order valence-corrected chi connectivity index (χ1v) is 12.4. The van der Waals surface area contributed by atoms with E-state index in [1.54, 1.807) is 0 Å². The van der Waals surface area contributed by atoms with Crippen molar-refractivity contribution < 1.29 is 4.79 Å². The van der Waals surface area contributed by atoms with E-state index in [1.165, 1.54) is 46.3 Å². The van der Waals surface area contributed by atoms with Gasteiger partial charge in [0.2, 0.25) is 0 Å². The highest BCUT2D eigenvalue weighted by molar-refractivity contribution is 7.19. The number of hydrogen-bond acceptors (Lipinski definition) is 5. The minimum absolute atomic E-state index is 0.133. The summed E-state index contributed by atoms with van der Waals surface area (Å²) in [5.74, 6) is 3.60. The molecule has 5 nitrogen and oxygen atoms in total. The molecule has 31 heavy (non-hydrogen) atoms. The standard InChI is InChI=1S/C25H28N4OS/c1-16-7-10-19-20(15-16)31-24-21(19)23(26-22(27-24)17-8-9-17)28-11-13-29(14-12-28)25(30)18-5-3-2-4-6-18/h2-6,16-17H,7-15H2,1H3/t16-/m0/s1. The van der Waals surface area contributed by atoms with Crippen molar-refractivity contribution in [2.24, 2.45) is 5.92 Å². The van der Waals surface area contributed by atoms with Crippen molar-refractivity contribution in [1.82, 2.24) is 14.9 Å². The van der Waals surface area contributed by atoms with Gasteiger partial charge in [-0.1, -0.05) is 25.1 Å². The van der Waals surface area contributed by atoms with Crippen molar-refractivity contribution in [2.75, 3.05) is 31.1 Å². The molecule has 0 spiro atoms. The molecule has 3 heterocycles. The summed E-state index contributed by atoms with van der Waals surface area (Å²) >= 11 is 1.90. The highest BCUT2D eigenvalue weighted by Crippen LogP contribution is 2.44. The van der Waals surface area contributed by atoms with Gasteiger partial charge in [0, 0.05) is 42.5 Å². The zero-order chi connectivity index (χ0) is 20.9. The van der Waals surface area contributed by atoms with Crippen molar-refractivity contribution in [3.63, 3.8) is 0 Å². The van der Waals surface area contributed by atoms with E-state index in [1.807, 2.05) is 46.6 Å². The summed E-state index contributed by atoms with van der Waals surface area (Å²) < 4.78 is 0. The van der Waals surface area contributed by atoms with Crippen LogP contribution < -0.4 is 4.90 Å². The molecule has 0 bridgehead atoms. The molecule has 0 N–H and O–H groups in total. The van der Waals surface area contributed by atoms with Gasteiger partial charge in [-0.2, -0.15) is 0 Å². The number of rotatable bonds is 3. The number of nitrogens with zero attached hydrogens (tertiary/aromatic N) is 4. The molecule has 1 saturated carbocycles. The number of carbonyl (C=O) groups excluding carboxylic acids is 1. The van der Waals surface area contributed by atoms with Crippen LogP contribution >= 0.6 is 11.3 Å². The van der Waals surface area contributed by atoms with Crippen molar-refractivity contribution in [1.29, 1.82) is 0 Å². The fraction of sp³-hybridized carbons (Fsp3) is 0.480. The second-order valence-corrected chi connectivity index (χ2v) is 10.4. The minimum Gasteiger partial charge on any atom is -0.352 e. The molecule has 2 aromatic heterocycles. The van der Waals surface area contributed by atoms with Gasteiger partial charge in [-0.15, -0.1) is 11.3 Å². The van der Waals surface area contributed by atoms with E-state index in [4.69, 9.17) is 9.97 Å². The van der Waals surface area contributed by atoms with Crippen LogP contribution in [0.5, 0.6) is 0 Å². The Kier molecular flexibility index (Phi) is 4.71. The molecule has 1 aliphatic heterocycles. The molecule has 1 amide bonds. The highest BCUT2D eigenvalue weighted by Gasteiger charge is 2.32. The average molecular weight is 433 g/mol. The Balaban J connectivity index is 1.31. The molecule has 0 radical (unpaired) electrons. The van der Waals surface area contributed by atoms with Gasteiger partial charge >= 0.3 is 0 Å². The molecule has 0 unspecified atom stereocenters. The lowest BCUT2D eigenvalue weighted by atomic mass is 9.89. The zero-order valence-corrected chi connectivity index (χ0v) is 18.8. The normalized spacial score (nSPS) is 21.4. The monoisotopic (exact) mass is 432 g/mol. The van der Waals surface area contributed by atoms with Gasteiger partial charge in [0.15, 0.2) is 0 Å². The number of hydrogen-bond donors (Lipinski definition) is 0. The number of carbonyl (C=O) groups is 1. The lowest BCUT2D eigenvalue weighted by Gasteiger charge is -2.36. The molecule has 1 atom stereocenters. The second-order valence-electron chi connectivity index (χ2n) is 9.36. The van der Waals surface area contributed by atoms with Gasteiger partial charge in [-0.3, -0.25) is 4.79 Å². The van der Waals surface area contributed by atoms with E-state index in [2.05, 4.69) is 11.8 Å². The first-order chi connectivity index (χ1) is 15.2. The maximum absolute atomic E-state index is 12.9. The molecule has 160 valence electrons. The van der Waals surface area contributed by atoms with Gasteiger partial charge < -0.3 is 9.80 Å². The average Bonchev–Trinajstić information content (AvgIpc) is 3.59. The fourth-order valence-corrected chi connectivity index (χ4v) is 6.36. The molecule has 1 aromatic carbocycles. The van der Waals surface area contributed by atoms with E-state index in [0.717, 1.165) is 55.7 Å². The minimum atomic E-state index is 0.133. The second kappa shape index (κ2) is 7.59. The Morgan fingerprint density at radius 3 is 2.55 bits per heavy atom. The van der Waals surface area contributed by atoms with Gasteiger partial charge in [0.05, 0.1) is 5.39 Å². The number of benzene rings is 1. The Labute approximate surface area is 187 Å². The molecule has 6 rings (SSSR count). The van der Waals surface area contributed by atoms with Crippen LogP contribution in [0.3, 0.4) is 0 Å². The SMILES string of the molecule is C[C@H]1CCc2c(sc3nc(C4CC4)nc(N4CCN(C(=O)c5ccccc5)CC4)c23)C1. The topological polar surface area (TPSA) is 49.3 Å². The maximum atomic E-state index is 12.9. The van der Waals surface area contributed by atoms with Crippen LogP contribution in [-0.2, 0) is 12.8 Å². The molecular weight excluding hydrogens is 404 g/mol. The highest BCUT2D eigenvalue weighted by atomic mass is 32.1. The van der Waals surface area contributed by atoms with Crippen molar-refractivity contribution in [3.8, 4) is 0 Å². The van der Waals surface area contributed by atoms with Crippen LogP contribution in [0.2, 0.25) is 0 Å². The lowest BCUT2D eigenvalue weighted by Crippen LogP contribution is -2.49. The number of aromatic nitrogens is 2. The predicted octanol–water partition coefficient (Wildman–Crippen LogP) is 4.66. The van der Waals surface area contributed by atoms with Crippen LogP contribution in [0, 0.1) is 5.92 Å². The van der Waals surface area contributed by atoms with Crippen LogP contribution in [0.25, 0.3) is 10.2 Å². The van der Waals surface area contributed by atoms with Crippen LogP contribution in [0.1, 0.15) is 58.7 Å². The van der Waals surface area contributed by atoms with E-state index in [0.29, 0.717) is 5.92 Å². The lowest BCUT2D eigenvalue weighted by molar-refractivity contribution is 0.0746. The molecule has 3 aliphatic rings. The maximum Gasteiger partial charge on any atom is 0.253 e. The van der Waals surface area contributed by atoms with E-state index < -0.39 is 0 Å². The number of thiophene rings is 1.